The lowest BCUT2D eigenvalue weighted by Gasteiger charge is -2.07. The van der Waals surface area contributed by atoms with E-state index in [1.807, 2.05) is 0 Å². The largest absolute Gasteiger partial charge is 0.450 e. The number of rotatable bonds is 4. The lowest BCUT2D eigenvalue weighted by Crippen LogP contribution is -2.12. The zero-order valence-electron chi connectivity index (χ0n) is 10.4. The number of hydrogen-bond donors (Lipinski definition) is 1. The lowest BCUT2D eigenvalue weighted by molar-refractivity contribution is -0.385. The summed E-state index contributed by atoms with van der Waals surface area (Å²) in [5.74, 6) is -1.80. The molecular formula is C13H8BrFN2O4. The number of amides is 1. The van der Waals surface area contributed by atoms with Crippen LogP contribution in [-0.4, -0.2) is 10.8 Å². The minimum atomic E-state index is -0.909. The summed E-state index contributed by atoms with van der Waals surface area (Å²) in [7, 11) is 0. The van der Waals surface area contributed by atoms with Gasteiger partial charge in [0.05, 0.1) is 10.5 Å². The number of nitro groups is 1. The zero-order chi connectivity index (χ0) is 15.6. The summed E-state index contributed by atoms with van der Waals surface area (Å²) in [4.78, 5) is 21.2. The maximum absolute atomic E-state index is 13.6. The monoisotopic (exact) mass is 354 g/mol. The van der Waals surface area contributed by atoms with Crippen molar-refractivity contribution in [2.45, 2.75) is 0 Å². The summed E-state index contributed by atoms with van der Waals surface area (Å²) in [5, 5.41) is 10.9. The minimum Gasteiger partial charge on any atom is -0.450 e. The molecule has 6 nitrogen and oxygen atoms in total. The Balaban J connectivity index is 2.37. The number of nitrogens with zero attached hydrogens (tertiary/aromatic N) is 1. The fraction of sp³-hybridized carbons (Fsp3) is 0. The molecule has 108 valence electrons. The molecule has 0 unspecified atom stereocenters. The van der Waals surface area contributed by atoms with Gasteiger partial charge < -0.3 is 10.5 Å². The third-order valence-electron chi connectivity index (χ3n) is 2.55. The second-order valence-corrected chi connectivity index (χ2v) is 4.89. The van der Waals surface area contributed by atoms with Crippen LogP contribution in [-0.2, 0) is 0 Å². The zero-order valence-corrected chi connectivity index (χ0v) is 12.0. The van der Waals surface area contributed by atoms with Gasteiger partial charge in [0.25, 0.3) is 5.91 Å². The first-order valence-electron chi connectivity index (χ1n) is 5.59. The van der Waals surface area contributed by atoms with Crippen molar-refractivity contribution in [3.8, 4) is 11.5 Å². The van der Waals surface area contributed by atoms with Crippen LogP contribution in [0.25, 0.3) is 0 Å². The summed E-state index contributed by atoms with van der Waals surface area (Å²) in [6.45, 7) is 0. The Kier molecular flexibility index (Phi) is 4.18. The van der Waals surface area contributed by atoms with E-state index >= 15 is 0 Å². The summed E-state index contributed by atoms with van der Waals surface area (Å²) < 4.78 is 19.4. The van der Waals surface area contributed by atoms with Gasteiger partial charge in [-0.2, -0.15) is 0 Å². The van der Waals surface area contributed by atoms with Gasteiger partial charge in [0.1, 0.15) is 11.6 Å². The molecule has 0 saturated carbocycles. The molecule has 0 aliphatic carbocycles. The van der Waals surface area contributed by atoms with Crippen molar-refractivity contribution in [2.24, 2.45) is 5.73 Å². The predicted octanol–water partition coefficient (Wildman–Crippen LogP) is 3.39. The number of nitrogens with two attached hydrogens (primary N) is 1. The van der Waals surface area contributed by atoms with E-state index < -0.39 is 16.6 Å². The molecule has 8 heteroatoms. The molecule has 0 aromatic heterocycles. The van der Waals surface area contributed by atoms with Crippen LogP contribution in [0.15, 0.2) is 40.9 Å². The van der Waals surface area contributed by atoms with Gasteiger partial charge in [0.2, 0.25) is 5.75 Å². The van der Waals surface area contributed by atoms with E-state index in [1.165, 1.54) is 18.2 Å². The van der Waals surface area contributed by atoms with Crippen molar-refractivity contribution in [3.63, 3.8) is 0 Å². The highest BCUT2D eigenvalue weighted by atomic mass is 79.9. The van der Waals surface area contributed by atoms with E-state index in [2.05, 4.69) is 15.9 Å². The highest BCUT2D eigenvalue weighted by Gasteiger charge is 2.17. The van der Waals surface area contributed by atoms with Crippen LogP contribution in [0.4, 0.5) is 10.1 Å². The van der Waals surface area contributed by atoms with Gasteiger partial charge in [-0.15, -0.1) is 0 Å². The third-order valence-corrected chi connectivity index (χ3v) is 3.04. The molecule has 0 radical (unpaired) electrons. The van der Waals surface area contributed by atoms with Crippen LogP contribution in [0.5, 0.6) is 11.5 Å². The van der Waals surface area contributed by atoms with Crippen molar-refractivity contribution >= 4 is 27.5 Å². The fourth-order valence-corrected chi connectivity index (χ4v) is 1.95. The first-order chi connectivity index (χ1) is 9.88. The molecule has 0 aliphatic rings. The van der Waals surface area contributed by atoms with Crippen molar-refractivity contribution < 1.29 is 18.8 Å². The average Bonchev–Trinajstić information content (AvgIpc) is 2.40. The van der Waals surface area contributed by atoms with E-state index in [0.29, 0.717) is 4.47 Å². The van der Waals surface area contributed by atoms with Gasteiger partial charge in [-0.3, -0.25) is 14.9 Å². The Labute approximate surface area is 126 Å². The molecule has 0 saturated heterocycles. The lowest BCUT2D eigenvalue weighted by atomic mass is 10.2. The normalized spacial score (nSPS) is 10.2. The van der Waals surface area contributed by atoms with Crippen molar-refractivity contribution in [2.75, 3.05) is 0 Å². The summed E-state index contributed by atoms with van der Waals surface area (Å²) in [6.07, 6.45) is 0. The molecule has 2 aromatic carbocycles. The van der Waals surface area contributed by atoms with Crippen LogP contribution < -0.4 is 10.5 Å². The summed E-state index contributed by atoms with van der Waals surface area (Å²) in [6, 6.07) is 7.58. The number of ether oxygens (including phenoxy) is 1. The van der Waals surface area contributed by atoms with Crippen LogP contribution in [0.2, 0.25) is 0 Å². The van der Waals surface area contributed by atoms with Gasteiger partial charge in [0, 0.05) is 16.6 Å². The Morgan fingerprint density at radius 2 is 2.00 bits per heavy atom. The van der Waals surface area contributed by atoms with E-state index in [-0.39, 0.29) is 22.7 Å². The molecule has 0 bridgehead atoms. The maximum atomic E-state index is 13.6. The number of benzene rings is 2. The molecule has 0 aliphatic heterocycles. The van der Waals surface area contributed by atoms with E-state index in [4.69, 9.17) is 10.5 Å². The topological polar surface area (TPSA) is 95.5 Å². The van der Waals surface area contributed by atoms with Crippen LogP contribution in [0.3, 0.4) is 0 Å². The number of carbonyl (C=O) groups excluding carboxylic acids is 1. The standard InChI is InChI=1S/C13H8BrFN2O4/c14-7-1-4-12(11(5-7)17(19)20)21-8-2-3-9(13(16)18)10(15)6-8/h1-6H,(H2,16,18). The van der Waals surface area contributed by atoms with Crippen molar-refractivity contribution in [1.29, 1.82) is 0 Å². The quantitative estimate of drug-likeness (QED) is 0.672. The Bertz CT molecular complexity index is 736. The van der Waals surface area contributed by atoms with Gasteiger partial charge in [-0.1, -0.05) is 15.9 Å². The minimum absolute atomic E-state index is 0.0166. The molecule has 0 atom stereocenters. The molecule has 0 fully saturated rings. The first kappa shape index (κ1) is 14.9. The highest BCUT2D eigenvalue weighted by Crippen LogP contribution is 2.34. The van der Waals surface area contributed by atoms with Crippen LogP contribution in [0, 0.1) is 15.9 Å². The van der Waals surface area contributed by atoms with E-state index in [1.54, 1.807) is 6.07 Å². The Morgan fingerprint density at radius 3 is 2.57 bits per heavy atom. The smallest absolute Gasteiger partial charge is 0.312 e. The predicted molar refractivity (Wildman–Crippen MR) is 75.8 cm³/mol. The van der Waals surface area contributed by atoms with Gasteiger partial charge in [0.15, 0.2) is 0 Å². The molecule has 2 rings (SSSR count). The number of halogens is 2. The molecule has 0 heterocycles. The van der Waals surface area contributed by atoms with Gasteiger partial charge in [-0.25, -0.2) is 4.39 Å². The van der Waals surface area contributed by atoms with Crippen LogP contribution in [0.1, 0.15) is 10.4 Å². The van der Waals surface area contributed by atoms with Crippen molar-refractivity contribution in [3.05, 3.63) is 62.4 Å². The molecule has 2 aromatic rings. The SMILES string of the molecule is NC(=O)c1ccc(Oc2ccc(Br)cc2[N+](=O)[O-])cc1F. The molecule has 1 amide bonds. The van der Waals surface area contributed by atoms with Gasteiger partial charge >= 0.3 is 5.69 Å². The molecule has 0 spiro atoms. The van der Waals surface area contributed by atoms with E-state index in [9.17, 15) is 19.3 Å². The number of hydrogen-bond acceptors (Lipinski definition) is 4. The number of nitro benzene ring substituents is 1. The Morgan fingerprint density at radius 1 is 1.29 bits per heavy atom. The third kappa shape index (κ3) is 3.34. The summed E-state index contributed by atoms with van der Waals surface area (Å²) >= 11 is 3.12. The van der Waals surface area contributed by atoms with Crippen molar-refractivity contribution in [1.82, 2.24) is 0 Å². The van der Waals surface area contributed by atoms with E-state index in [0.717, 1.165) is 12.1 Å². The number of primary amides is 1. The highest BCUT2D eigenvalue weighted by molar-refractivity contribution is 9.10. The van der Waals surface area contributed by atoms with Gasteiger partial charge in [-0.05, 0) is 24.3 Å². The summed E-state index contributed by atoms with van der Waals surface area (Å²) in [5.41, 5.74) is 4.42. The second-order valence-electron chi connectivity index (χ2n) is 3.98. The Hall–Kier alpha value is -2.48. The first-order valence-corrected chi connectivity index (χ1v) is 6.39. The molecule has 21 heavy (non-hydrogen) atoms. The number of carbonyl (C=O) groups is 1. The average molecular weight is 355 g/mol. The maximum Gasteiger partial charge on any atom is 0.312 e. The van der Waals surface area contributed by atoms with Crippen LogP contribution >= 0.6 is 15.9 Å². The second kappa shape index (κ2) is 5.88. The fourth-order valence-electron chi connectivity index (χ4n) is 1.61. The molecule has 2 N–H and O–H groups in total. The molecular weight excluding hydrogens is 347 g/mol.